The van der Waals surface area contributed by atoms with E-state index in [1.54, 1.807) is 0 Å². The second-order valence-electron chi connectivity index (χ2n) is 5.96. The molecule has 0 amide bonds. The van der Waals surface area contributed by atoms with E-state index in [0.29, 0.717) is 10.3 Å². The van der Waals surface area contributed by atoms with Gasteiger partial charge in [-0.15, -0.1) is 11.3 Å². The average Bonchev–Trinajstić information content (AvgIpc) is 2.98. The van der Waals surface area contributed by atoms with Crippen LogP contribution < -0.4 is 16.2 Å². The molecule has 2 aromatic heterocycles. The number of hydrogen-bond donors (Lipinski definition) is 2. The first-order chi connectivity index (χ1) is 10.6. The van der Waals surface area contributed by atoms with Crippen LogP contribution in [0.2, 0.25) is 4.47 Å². The molecule has 0 aromatic carbocycles. The number of hydrogen-bond acceptors (Lipinski definition) is 6. The van der Waals surface area contributed by atoms with Crippen LogP contribution in [0.15, 0.2) is 11.0 Å². The quantitative estimate of drug-likeness (QED) is 0.824. The number of rotatable bonds is 1. The van der Waals surface area contributed by atoms with Crippen molar-refractivity contribution in [1.82, 2.24) is 15.0 Å². The van der Waals surface area contributed by atoms with Gasteiger partial charge >= 0.3 is 0 Å². The number of nitrogens with two attached hydrogens (primary N) is 1. The van der Waals surface area contributed by atoms with Gasteiger partial charge in [-0.3, -0.25) is 4.79 Å². The summed E-state index contributed by atoms with van der Waals surface area (Å²) in [5, 5.41) is 0. The summed E-state index contributed by atoms with van der Waals surface area (Å²) in [5.74, 6) is 0.469. The lowest BCUT2D eigenvalue weighted by Crippen LogP contribution is -2.46. The molecule has 6 nitrogen and oxygen atoms in total. The standard InChI is InChI=1S/C14H15ClN5OS/c15-13-19-9-8(22-13)7-14(10(9)16)1-5-20(6-2-14)11-12(21)18-4-3-17-11/h3,10H,1-2,5-7,16H2,(H,18,21)/t10-/m1/s1. The molecule has 2 aromatic rings. The number of thiazole rings is 1. The summed E-state index contributed by atoms with van der Waals surface area (Å²) >= 11 is 7.52. The summed E-state index contributed by atoms with van der Waals surface area (Å²) in [6.45, 7) is 1.55. The van der Waals surface area contributed by atoms with Crippen molar-refractivity contribution in [1.29, 1.82) is 0 Å². The van der Waals surface area contributed by atoms with E-state index in [4.69, 9.17) is 17.3 Å². The molecular weight excluding hydrogens is 322 g/mol. The highest BCUT2D eigenvalue weighted by atomic mass is 35.5. The number of aromatic amines is 1. The van der Waals surface area contributed by atoms with Crippen molar-refractivity contribution in [3.05, 3.63) is 37.8 Å². The number of nitrogens with one attached hydrogen (secondary N) is 1. The Kier molecular flexibility index (Phi) is 3.25. The van der Waals surface area contributed by atoms with Gasteiger partial charge in [-0.25, -0.2) is 9.97 Å². The molecule has 1 fully saturated rings. The van der Waals surface area contributed by atoms with E-state index in [0.717, 1.165) is 38.0 Å². The largest absolute Gasteiger partial charge is 0.352 e. The summed E-state index contributed by atoms with van der Waals surface area (Å²) in [6.07, 6.45) is 6.88. The normalized spacial score (nSPS) is 23.0. The predicted octanol–water partition coefficient (Wildman–Crippen LogP) is 1.52. The van der Waals surface area contributed by atoms with Crippen molar-refractivity contribution in [3.8, 4) is 0 Å². The second-order valence-corrected chi connectivity index (χ2v) is 7.63. The highest BCUT2D eigenvalue weighted by Crippen LogP contribution is 2.52. The van der Waals surface area contributed by atoms with Gasteiger partial charge in [0.1, 0.15) is 0 Å². The van der Waals surface area contributed by atoms with Gasteiger partial charge in [-0.1, -0.05) is 11.6 Å². The van der Waals surface area contributed by atoms with Gasteiger partial charge < -0.3 is 15.6 Å². The zero-order valence-electron chi connectivity index (χ0n) is 11.8. The number of nitrogens with zero attached hydrogens (tertiary/aromatic N) is 3. The molecule has 0 bridgehead atoms. The van der Waals surface area contributed by atoms with Crippen molar-refractivity contribution in [2.45, 2.75) is 25.3 Å². The third-order valence-corrected chi connectivity index (χ3v) is 6.04. The van der Waals surface area contributed by atoms with Crippen LogP contribution in [0.1, 0.15) is 29.5 Å². The Hall–Kier alpha value is -1.44. The van der Waals surface area contributed by atoms with Crippen LogP contribution in [0.5, 0.6) is 0 Å². The molecule has 2 aliphatic rings. The molecule has 1 aliphatic carbocycles. The van der Waals surface area contributed by atoms with Crippen molar-refractivity contribution in [3.63, 3.8) is 0 Å². The van der Waals surface area contributed by atoms with E-state index in [2.05, 4.69) is 21.1 Å². The fourth-order valence-corrected chi connectivity index (χ4v) is 4.96. The Morgan fingerprint density at radius 3 is 2.95 bits per heavy atom. The van der Waals surface area contributed by atoms with Crippen molar-refractivity contribution < 1.29 is 0 Å². The van der Waals surface area contributed by atoms with Crippen molar-refractivity contribution in [2.24, 2.45) is 11.1 Å². The van der Waals surface area contributed by atoms with Crippen LogP contribution in [0.4, 0.5) is 5.82 Å². The lowest BCUT2D eigenvalue weighted by molar-refractivity contribution is 0.186. The third kappa shape index (κ3) is 2.07. The molecule has 1 saturated heterocycles. The summed E-state index contributed by atoms with van der Waals surface area (Å²) in [5.41, 5.74) is 7.28. The molecule has 3 heterocycles. The Bertz CT molecular complexity index is 765. The first-order valence-corrected chi connectivity index (χ1v) is 8.39. The van der Waals surface area contributed by atoms with Gasteiger partial charge in [0, 0.05) is 18.0 Å². The van der Waals surface area contributed by atoms with Gasteiger partial charge in [-0.2, -0.15) is 0 Å². The summed E-state index contributed by atoms with van der Waals surface area (Å²) < 4.78 is 0.573. The lowest BCUT2D eigenvalue weighted by Gasteiger charge is -2.42. The first kappa shape index (κ1) is 14.2. The molecule has 1 spiro atoms. The van der Waals surface area contributed by atoms with Gasteiger partial charge in [0.05, 0.1) is 24.1 Å². The van der Waals surface area contributed by atoms with E-state index >= 15 is 0 Å². The Labute approximate surface area is 136 Å². The van der Waals surface area contributed by atoms with Gasteiger partial charge in [0.15, 0.2) is 10.3 Å². The van der Waals surface area contributed by atoms with Crippen LogP contribution in [-0.4, -0.2) is 28.0 Å². The molecule has 0 unspecified atom stereocenters. The highest BCUT2D eigenvalue weighted by molar-refractivity contribution is 7.15. The number of aromatic nitrogens is 3. The molecule has 1 aliphatic heterocycles. The van der Waals surface area contributed by atoms with Gasteiger partial charge in [0.2, 0.25) is 0 Å². The molecule has 1 radical (unpaired) electrons. The maximum atomic E-state index is 11.8. The van der Waals surface area contributed by atoms with Crippen LogP contribution in [-0.2, 0) is 6.42 Å². The van der Waals surface area contributed by atoms with Crippen LogP contribution in [0.3, 0.4) is 0 Å². The number of piperidine rings is 1. The minimum absolute atomic E-state index is 0.0446. The third-order valence-electron chi connectivity index (χ3n) is 4.87. The zero-order valence-corrected chi connectivity index (χ0v) is 13.4. The van der Waals surface area contributed by atoms with Crippen molar-refractivity contribution in [2.75, 3.05) is 18.0 Å². The van der Waals surface area contributed by atoms with E-state index in [-0.39, 0.29) is 17.0 Å². The SMILES string of the molecule is N[C@@H]1c2nc(Cl)sc2CC12CCN(c1nc[c][nH]c1=O)CC2. The fraction of sp³-hybridized carbons (Fsp3) is 0.500. The molecule has 22 heavy (non-hydrogen) atoms. The fourth-order valence-electron chi connectivity index (χ4n) is 3.61. The topological polar surface area (TPSA) is 87.9 Å². The monoisotopic (exact) mass is 336 g/mol. The smallest absolute Gasteiger partial charge is 0.291 e. The minimum atomic E-state index is -0.193. The van der Waals surface area contributed by atoms with Crippen molar-refractivity contribution >= 4 is 28.8 Å². The number of H-pyrrole nitrogens is 1. The number of halogens is 1. The van der Waals surface area contributed by atoms with Gasteiger partial charge in [-0.05, 0) is 24.7 Å². The van der Waals surface area contributed by atoms with Crippen LogP contribution in [0, 0.1) is 11.6 Å². The van der Waals surface area contributed by atoms with E-state index in [1.807, 2.05) is 4.90 Å². The molecular formula is C14H15ClN5OS. The molecule has 0 saturated carbocycles. The van der Waals surface area contributed by atoms with E-state index in [1.165, 1.54) is 22.4 Å². The Morgan fingerprint density at radius 2 is 2.27 bits per heavy atom. The molecule has 115 valence electrons. The molecule has 1 atom stereocenters. The summed E-state index contributed by atoms with van der Waals surface area (Å²) in [6, 6.07) is -0.0660. The summed E-state index contributed by atoms with van der Waals surface area (Å²) in [7, 11) is 0. The number of fused-ring (bicyclic) bond motifs is 1. The zero-order chi connectivity index (χ0) is 15.3. The van der Waals surface area contributed by atoms with E-state index < -0.39 is 0 Å². The average molecular weight is 337 g/mol. The summed E-state index contributed by atoms with van der Waals surface area (Å²) in [4.78, 5) is 26.2. The second kappa shape index (κ2) is 5.04. The number of anilines is 1. The first-order valence-electron chi connectivity index (χ1n) is 7.20. The lowest BCUT2D eigenvalue weighted by atomic mass is 9.73. The van der Waals surface area contributed by atoms with E-state index in [9.17, 15) is 4.79 Å². The maximum absolute atomic E-state index is 11.8. The minimum Gasteiger partial charge on any atom is -0.352 e. The Morgan fingerprint density at radius 1 is 1.50 bits per heavy atom. The van der Waals surface area contributed by atoms with Crippen LogP contribution >= 0.6 is 22.9 Å². The highest BCUT2D eigenvalue weighted by Gasteiger charge is 2.48. The Balaban J connectivity index is 1.54. The van der Waals surface area contributed by atoms with Crippen LogP contribution in [0.25, 0.3) is 0 Å². The maximum Gasteiger partial charge on any atom is 0.291 e. The molecule has 4 rings (SSSR count). The predicted molar refractivity (Wildman–Crippen MR) is 85.3 cm³/mol. The molecule has 3 N–H and O–H groups in total. The van der Waals surface area contributed by atoms with Gasteiger partial charge in [0.25, 0.3) is 5.56 Å². The molecule has 8 heteroatoms.